The number of methoxy groups -OCH3 is 1. The molecule has 0 fully saturated rings. The third kappa shape index (κ3) is 3.69. The molecule has 0 atom stereocenters. The summed E-state index contributed by atoms with van der Waals surface area (Å²) < 4.78 is 4.54. The Bertz CT molecular complexity index is 625. The van der Waals surface area contributed by atoms with E-state index in [0.717, 1.165) is 17.3 Å². The van der Waals surface area contributed by atoms with E-state index in [2.05, 4.69) is 14.7 Å². The van der Waals surface area contributed by atoms with Gasteiger partial charge in [0.25, 0.3) is 5.56 Å². The van der Waals surface area contributed by atoms with Crippen LogP contribution in [0.3, 0.4) is 0 Å². The van der Waals surface area contributed by atoms with E-state index in [4.69, 9.17) is 0 Å². The quantitative estimate of drug-likeness (QED) is 0.523. The molecule has 19 heavy (non-hydrogen) atoms. The van der Waals surface area contributed by atoms with Crippen LogP contribution in [0.15, 0.2) is 46.3 Å². The van der Waals surface area contributed by atoms with E-state index in [-0.39, 0.29) is 17.3 Å². The zero-order chi connectivity index (χ0) is 13.7. The van der Waals surface area contributed by atoms with Crippen molar-refractivity contribution in [2.75, 3.05) is 12.9 Å². The van der Waals surface area contributed by atoms with Gasteiger partial charge < -0.3 is 9.72 Å². The maximum atomic E-state index is 11.6. The lowest BCUT2D eigenvalue weighted by Crippen LogP contribution is -2.10. The van der Waals surface area contributed by atoms with Crippen molar-refractivity contribution in [3.05, 3.63) is 46.8 Å². The van der Waals surface area contributed by atoms with Crippen molar-refractivity contribution < 1.29 is 9.53 Å². The van der Waals surface area contributed by atoms with Crippen molar-refractivity contribution in [1.29, 1.82) is 0 Å². The fourth-order valence-corrected chi connectivity index (χ4v) is 2.15. The SMILES string of the molecule is COC(=O)CSc1nc(-c2ccccc2)cc(=O)[nH]1. The summed E-state index contributed by atoms with van der Waals surface area (Å²) in [6, 6.07) is 10.8. The lowest BCUT2D eigenvalue weighted by atomic mass is 10.1. The van der Waals surface area contributed by atoms with Crippen molar-refractivity contribution >= 4 is 17.7 Å². The van der Waals surface area contributed by atoms with Crippen LogP contribution in [0.1, 0.15) is 0 Å². The van der Waals surface area contributed by atoms with E-state index in [1.54, 1.807) is 0 Å². The fraction of sp³-hybridized carbons (Fsp3) is 0.154. The molecule has 1 N–H and O–H groups in total. The molecule has 1 heterocycles. The summed E-state index contributed by atoms with van der Waals surface area (Å²) in [7, 11) is 1.32. The largest absolute Gasteiger partial charge is 0.468 e. The highest BCUT2D eigenvalue weighted by atomic mass is 32.2. The summed E-state index contributed by atoms with van der Waals surface area (Å²) in [5.41, 5.74) is 1.19. The van der Waals surface area contributed by atoms with Crippen LogP contribution >= 0.6 is 11.8 Å². The van der Waals surface area contributed by atoms with Gasteiger partial charge in [0.2, 0.25) is 0 Å². The van der Waals surface area contributed by atoms with Crippen molar-refractivity contribution in [3.8, 4) is 11.3 Å². The van der Waals surface area contributed by atoms with Crippen molar-refractivity contribution in [1.82, 2.24) is 9.97 Å². The Hall–Kier alpha value is -2.08. The van der Waals surface area contributed by atoms with Gasteiger partial charge in [-0.15, -0.1) is 0 Å². The van der Waals surface area contributed by atoms with Crippen LogP contribution in [-0.4, -0.2) is 28.8 Å². The van der Waals surface area contributed by atoms with Gasteiger partial charge in [-0.05, 0) is 0 Å². The monoisotopic (exact) mass is 276 g/mol. The Morgan fingerprint density at radius 3 is 2.79 bits per heavy atom. The summed E-state index contributed by atoms with van der Waals surface area (Å²) in [5.74, 6) is -0.254. The summed E-state index contributed by atoms with van der Waals surface area (Å²) in [6.07, 6.45) is 0. The normalized spacial score (nSPS) is 10.2. The molecule has 0 aliphatic heterocycles. The predicted molar refractivity (Wildman–Crippen MR) is 73.0 cm³/mol. The summed E-state index contributed by atoms with van der Waals surface area (Å²) in [6.45, 7) is 0. The van der Waals surface area contributed by atoms with E-state index in [9.17, 15) is 9.59 Å². The summed E-state index contributed by atoms with van der Waals surface area (Å²) in [4.78, 5) is 29.5. The number of nitrogens with zero attached hydrogens (tertiary/aromatic N) is 1. The first-order valence-electron chi connectivity index (χ1n) is 5.55. The Morgan fingerprint density at radius 2 is 2.11 bits per heavy atom. The van der Waals surface area contributed by atoms with Gasteiger partial charge in [-0.25, -0.2) is 4.98 Å². The van der Waals surface area contributed by atoms with Crippen LogP contribution in [0, 0.1) is 0 Å². The molecule has 0 amide bonds. The maximum absolute atomic E-state index is 11.6. The van der Waals surface area contributed by atoms with Gasteiger partial charge >= 0.3 is 5.97 Å². The number of benzene rings is 1. The van der Waals surface area contributed by atoms with Crippen LogP contribution in [0.5, 0.6) is 0 Å². The third-order valence-electron chi connectivity index (χ3n) is 2.34. The Balaban J connectivity index is 2.25. The zero-order valence-electron chi connectivity index (χ0n) is 10.3. The minimum Gasteiger partial charge on any atom is -0.468 e. The second-order valence-electron chi connectivity index (χ2n) is 3.67. The molecule has 0 aliphatic carbocycles. The molecular formula is C13H12N2O3S. The molecule has 6 heteroatoms. The zero-order valence-corrected chi connectivity index (χ0v) is 11.1. The van der Waals surface area contributed by atoms with Gasteiger partial charge in [-0.2, -0.15) is 0 Å². The van der Waals surface area contributed by atoms with Gasteiger partial charge in [0.1, 0.15) is 0 Å². The number of hydrogen-bond acceptors (Lipinski definition) is 5. The van der Waals surface area contributed by atoms with Crippen LogP contribution in [0.2, 0.25) is 0 Å². The number of aromatic nitrogens is 2. The van der Waals surface area contributed by atoms with Crippen molar-refractivity contribution in [3.63, 3.8) is 0 Å². The van der Waals surface area contributed by atoms with Crippen LogP contribution in [0.4, 0.5) is 0 Å². The molecular weight excluding hydrogens is 264 g/mol. The maximum Gasteiger partial charge on any atom is 0.316 e. The molecule has 0 aliphatic rings. The number of aromatic amines is 1. The minimum atomic E-state index is -0.363. The molecule has 0 saturated carbocycles. The molecule has 98 valence electrons. The smallest absolute Gasteiger partial charge is 0.316 e. The summed E-state index contributed by atoms with van der Waals surface area (Å²) >= 11 is 1.13. The van der Waals surface area contributed by atoms with Crippen LogP contribution in [0.25, 0.3) is 11.3 Å². The minimum absolute atomic E-state index is 0.109. The number of hydrogen-bond donors (Lipinski definition) is 1. The number of nitrogens with one attached hydrogen (secondary N) is 1. The highest BCUT2D eigenvalue weighted by Gasteiger charge is 2.07. The predicted octanol–water partition coefficient (Wildman–Crippen LogP) is 1.70. The van der Waals surface area contributed by atoms with Crippen molar-refractivity contribution in [2.24, 2.45) is 0 Å². The molecule has 0 saturated heterocycles. The number of rotatable bonds is 4. The highest BCUT2D eigenvalue weighted by molar-refractivity contribution is 7.99. The topological polar surface area (TPSA) is 72.0 Å². The first-order valence-corrected chi connectivity index (χ1v) is 6.54. The number of esters is 1. The van der Waals surface area contributed by atoms with E-state index in [1.807, 2.05) is 30.3 Å². The van der Waals surface area contributed by atoms with Gasteiger partial charge in [0, 0.05) is 11.6 Å². The Morgan fingerprint density at radius 1 is 1.37 bits per heavy atom. The number of carbonyl (C=O) groups is 1. The van der Waals surface area contributed by atoms with Gasteiger partial charge in [0.05, 0.1) is 18.6 Å². The average molecular weight is 276 g/mol. The fourth-order valence-electron chi connectivity index (χ4n) is 1.45. The molecule has 2 rings (SSSR count). The van der Waals surface area contributed by atoms with Gasteiger partial charge in [-0.1, -0.05) is 42.1 Å². The standard InChI is InChI=1S/C13H12N2O3S/c1-18-12(17)8-19-13-14-10(7-11(16)15-13)9-5-3-2-4-6-9/h2-7H,8H2,1H3,(H,14,15,16). The third-order valence-corrected chi connectivity index (χ3v) is 3.19. The van der Waals surface area contributed by atoms with E-state index in [0.29, 0.717) is 10.9 Å². The number of carbonyl (C=O) groups excluding carboxylic acids is 1. The van der Waals surface area contributed by atoms with E-state index < -0.39 is 0 Å². The van der Waals surface area contributed by atoms with Crippen LogP contribution in [-0.2, 0) is 9.53 Å². The Kier molecular flexibility index (Phi) is 4.35. The van der Waals surface area contributed by atoms with Crippen LogP contribution < -0.4 is 5.56 Å². The molecule has 1 aromatic heterocycles. The lowest BCUT2D eigenvalue weighted by molar-refractivity contribution is -0.137. The molecule has 1 aromatic carbocycles. The first-order chi connectivity index (χ1) is 9.19. The number of thioether (sulfide) groups is 1. The molecule has 0 unspecified atom stereocenters. The summed E-state index contributed by atoms with van der Waals surface area (Å²) in [5, 5.41) is 0.400. The molecule has 0 bridgehead atoms. The second kappa shape index (κ2) is 6.19. The highest BCUT2D eigenvalue weighted by Crippen LogP contribution is 2.18. The van der Waals surface area contributed by atoms with Crippen molar-refractivity contribution in [2.45, 2.75) is 5.16 Å². The molecule has 0 radical (unpaired) electrons. The van der Waals surface area contributed by atoms with Gasteiger partial charge in [-0.3, -0.25) is 9.59 Å². The van der Waals surface area contributed by atoms with Gasteiger partial charge in [0.15, 0.2) is 5.16 Å². The Labute approximate surface area is 114 Å². The number of H-pyrrole nitrogens is 1. The number of ether oxygens (including phenoxy) is 1. The average Bonchev–Trinajstić information content (AvgIpc) is 2.45. The lowest BCUT2D eigenvalue weighted by Gasteiger charge is -2.03. The molecule has 5 nitrogen and oxygen atoms in total. The molecule has 0 spiro atoms. The molecule has 2 aromatic rings. The first kappa shape index (κ1) is 13.4. The van der Waals surface area contributed by atoms with E-state index >= 15 is 0 Å². The second-order valence-corrected chi connectivity index (χ2v) is 4.63. The van der Waals surface area contributed by atoms with E-state index in [1.165, 1.54) is 13.2 Å².